The van der Waals surface area contributed by atoms with Crippen LogP contribution in [0.3, 0.4) is 0 Å². The van der Waals surface area contributed by atoms with E-state index in [1.807, 2.05) is 0 Å². The van der Waals surface area contributed by atoms with Crippen molar-refractivity contribution >= 4 is 0 Å². The Morgan fingerprint density at radius 2 is 2.25 bits per heavy atom. The number of aliphatic hydroxyl groups excluding tert-OH is 2. The van der Waals surface area contributed by atoms with E-state index in [4.69, 9.17) is 5.26 Å². The second kappa shape index (κ2) is 3.52. The minimum absolute atomic E-state index is 0.00250. The minimum Gasteiger partial charge on any atom is -0.504 e. The first-order chi connectivity index (χ1) is 7.54. The van der Waals surface area contributed by atoms with Gasteiger partial charge < -0.3 is 10.2 Å². The van der Waals surface area contributed by atoms with Crippen LogP contribution >= 0.6 is 0 Å². The molecule has 0 amide bonds. The van der Waals surface area contributed by atoms with E-state index in [1.165, 1.54) is 6.08 Å². The van der Waals surface area contributed by atoms with Gasteiger partial charge in [-0.2, -0.15) is 5.26 Å². The molecule has 6 nitrogen and oxygen atoms in total. The van der Waals surface area contributed by atoms with Crippen molar-refractivity contribution < 1.29 is 15.1 Å². The molecule has 0 radical (unpaired) electrons. The zero-order valence-electron chi connectivity index (χ0n) is 8.33. The first-order valence-electron chi connectivity index (χ1n) is 4.90. The lowest BCUT2D eigenvalue weighted by Gasteiger charge is -2.16. The number of nitrogens with zero attached hydrogens (tertiary/aromatic N) is 2. The zero-order chi connectivity index (χ0) is 11.9. The van der Waals surface area contributed by atoms with Crippen molar-refractivity contribution in [1.29, 1.82) is 5.26 Å². The summed E-state index contributed by atoms with van der Waals surface area (Å²) in [6.45, 7) is 0. The van der Waals surface area contributed by atoms with Gasteiger partial charge in [-0.05, 0) is 18.4 Å². The van der Waals surface area contributed by atoms with Crippen LogP contribution in [0.1, 0.15) is 12.8 Å². The van der Waals surface area contributed by atoms with Gasteiger partial charge in [-0.25, -0.2) is 0 Å². The zero-order valence-corrected chi connectivity index (χ0v) is 8.33. The summed E-state index contributed by atoms with van der Waals surface area (Å²) in [7, 11) is 0. The minimum atomic E-state index is -1.28. The number of hydrogen-bond acceptors (Lipinski definition) is 5. The van der Waals surface area contributed by atoms with Gasteiger partial charge in [0.1, 0.15) is 0 Å². The summed E-state index contributed by atoms with van der Waals surface area (Å²) in [6.07, 6.45) is 2.10. The Hall–Kier alpha value is -2.03. The molecule has 0 aromatic heterocycles. The van der Waals surface area contributed by atoms with E-state index in [0.717, 1.165) is 0 Å². The molecule has 0 aliphatic heterocycles. The predicted molar refractivity (Wildman–Crippen MR) is 53.0 cm³/mol. The highest BCUT2D eigenvalue weighted by Crippen LogP contribution is 2.47. The third-order valence-corrected chi connectivity index (χ3v) is 3.02. The van der Waals surface area contributed by atoms with Gasteiger partial charge in [0.05, 0.1) is 12.0 Å². The highest BCUT2D eigenvalue weighted by atomic mass is 16.6. The molecule has 0 aromatic carbocycles. The molecule has 2 aliphatic rings. The van der Waals surface area contributed by atoms with Gasteiger partial charge in [0.25, 0.3) is 6.04 Å². The van der Waals surface area contributed by atoms with Crippen LogP contribution in [-0.4, -0.2) is 21.2 Å². The van der Waals surface area contributed by atoms with Crippen molar-refractivity contribution in [3.63, 3.8) is 0 Å². The SMILES string of the molecule is N#CC1CC1C1=CC(O)=C(O)C([N+](=O)[O-])C1. The number of hydrogen-bond donors (Lipinski definition) is 2. The van der Waals surface area contributed by atoms with Crippen LogP contribution in [0.15, 0.2) is 23.2 Å². The normalized spacial score (nSPS) is 32.9. The predicted octanol–water partition coefficient (Wildman–Crippen LogP) is 1.45. The standard InChI is InChI=1S/C10H10N2O4/c11-4-6-1-7(6)5-2-8(12(15)16)10(14)9(13)3-5/h3,6-8,13-14H,1-2H2. The Morgan fingerprint density at radius 3 is 2.75 bits per heavy atom. The molecule has 3 atom stereocenters. The monoisotopic (exact) mass is 222 g/mol. The molecule has 0 heterocycles. The number of allylic oxidation sites excluding steroid dienone is 1. The van der Waals surface area contributed by atoms with E-state index in [2.05, 4.69) is 6.07 Å². The second-order valence-corrected chi connectivity index (χ2v) is 4.07. The molecule has 1 fully saturated rings. The fourth-order valence-corrected chi connectivity index (χ4v) is 1.98. The summed E-state index contributed by atoms with van der Waals surface area (Å²) in [5, 5.41) is 38.0. The van der Waals surface area contributed by atoms with E-state index in [9.17, 15) is 20.3 Å². The molecule has 2 aliphatic carbocycles. The molecule has 6 heteroatoms. The molecule has 0 bridgehead atoms. The number of nitriles is 1. The van der Waals surface area contributed by atoms with E-state index >= 15 is 0 Å². The average Bonchev–Trinajstić information content (AvgIpc) is 3.00. The lowest BCUT2D eigenvalue weighted by Crippen LogP contribution is -2.26. The van der Waals surface area contributed by atoms with Crippen LogP contribution in [0.5, 0.6) is 0 Å². The molecule has 16 heavy (non-hydrogen) atoms. The number of aliphatic hydroxyl groups is 2. The maximum Gasteiger partial charge on any atom is 0.276 e. The van der Waals surface area contributed by atoms with E-state index in [1.54, 1.807) is 0 Å². The fraction of sp³-hybridized carbons (Fsp3) is 0.500. The van der Waals surface area contributed by atoms with Crippen molar-refractivity contribution in [1.82, 2.24) is 0 Å². The third kappa shape index (κ3) is 1.60. The molecule has 2 rings (SSSR count). The lowest BCUT2D eigenvalue weighted by molar-refractivity contribution is -0.516. The smallest absolute Gasteiger partial charge is 0.276 e. The lowest BCUT2D eigenvalue weighted by atomic mass is 9.94. The first kappa shape index (κ1) is 10.5. The first-order valence-corrected chi connectivity index (χ1v) is 4.90. The molecular formula is C10H10N2O4. The Balaban J connectivity index is 2.22. The highest BCUT2D eigenvalue weighted by Gasteiger charge is 2.44. The average molecular weight is 222 g/mol. The van der Waals surface area contributed by atoms with Crippen LogP contribution in [0.25, 0.3) is 0 Å². The van der Waals surface area contributed by atoms with Gasteiger partial charge in [-0.3, -0.25) is 10.1 Å². The maximum absolute atomic E-state index is 10.7. The summed E-state index contributed by atoms with van der Waals surface area (Å²) < 4.78 is 0. The molecular weight excluding hydrogens is 212 g/mol. The van der Waals surface area contributed by atoms with Crippen LogP contribution in [0.2, 0.25) is 0 Å². The molecule has 0 saturated heterocycles. The molecule has 0 spiro atoms. The van der Waals surface area contributed by atoms with Crippen molar-refractivity contribution in [3.05, 3.63) is 33.3 Å². The van der Waals surface area contributed by atoms with E-state index in [0.29, 0.717) is 12.0 Å². The Morgan fingerprint density at radius 1 is 1.56 bits per heavy atom. The van der Waals surface area contributed by atoms with Gasteiger partial charge in [0, 0.05) is 11.3 Å². The highest BCUT2D eigenvalue weighted by molar-refractivity contribution is 5.33. The Labute approximate surface area is 91.3 Å². The largest absolute Gasteiger partial charge is 0.504 e. The molecule has 1 saturated carbocycles. The van der Waals surface area contributed by atoms with Gasteiger partial charge in [0.15, 0.2) is 5.76 Å². The van der Waals surface area contributed by atoms with E-state index in [-0.39, 0.29) is 18.3 Å². The van der Waals surface area contributed by atoms with Crippen LogP contribution in [0, 0.1) is 33.3 Å². The fourth-order valence-electron chi connectivity index (χ4n) is 1.98. The molecule has 2 N–H and O–H groups in total. The van der Waals surface area contributed by atoms with Crippen molar-refractivity contribution in [3.8, 4) is 6.07 Å². The number of rotatable bonds is 2. The quantitative estimate of drug-likeness (QED) is 0.543. The third-order valence-electron chi connectivity index (χ3n) is 3.02. The van der Waals surface area contributed by atoms with Crippen LogP contribution in [0.4, 0.5) is 0 Å². The van der Waals surface area contributed by atoms with Crippen molar-refractivity contribution in [2.75, 3.05) is 0 Å². The summed E-state index contributed by atoms with van der Waals surface area (Å²) in [6, 6.07) is 0.808. The molecule has 0 aromatic rings. The van der Waals surface area contributed by atoms with Crippen molar-refractivity contribution in [2.24, 2.45) is 11.8 Å². The van der Waals surface area contributed by atoms with Gasteiger partial charge in [0.2, 0.25) is 5.76 Å². The van der Waals surface area contributed by atoms with Gasteiger partial charge >= 0.3 is 0 Å². The van der Waals surface area contributed by atoms with Crippen molar-refractivity contribution in [2.45, 2.75) is 18.9 Å². The summed E-state index contributed by atoms with van der Waals surface area (Å²) in [5.41, 5.74) is 0.684. The van der Waals surface area contributed by atoms with Gasteiger partial charge in [-0.15, -0.1) is 0 Å². The van der Waals surface area contributed by atoms with Crippen LogP contribution < -0.4 is 0 Å². The number of nitro groups is 1. The Kier molecular flexibility index (Phi) is 2.31. The summed E-state index contributed by atoms with van der Waals surface area (Å²) in [4.78, 5) is 10.0. The van der Waals surface area contributed by atoms with E-state index < -0.39 is 22.5 Å². The molecule has 84 valence electrons. The molecule has 3 unspecified atom stereocenters. The second-order valence-electron chi connectivity index (χ2n) is 4.07. The summed E-state index contributed by atoms with van der Waals surface area (Å²) >= 11 is 0. The topological polar surface area (TPSA) is 107 Å². The van der Waals surface area contributed by atoms with Crippen LogP contribution in [-0.2, 0) is 0 Å². The maximum atomic E-state index is 10.7. The summed E-state index contributed by atoms with van der Waals surface area (Å²) in [5.74, 6) is -1.15. The Bertz CT molecular complexity index is 446. The van der Waals surface area contributed by atoms with Gasteiger partial charge in [-0.1, -0.05) is 5.57 Å².